The minimum absolute atomic E-state index is 0.112. The minimum atomic E-state index is -4.86. The molecule has 0 aromatic rings. The molecule has 0 aliphatic heterocycles. The molecule has 25 heavy (non-hydrogen) atoms. The SMILES string of the molecule is CCCC[O][Ti]([Cl])([Cl])([N](C(C)C)C(C)C)[Ti]([Cl])([Cl])[N](CCC)CCC. The van der Waals surface area contributed by atoms with Gasteiger partial charge in [0.1, 0.15) is 0 Å². The third-order valence-corrected chi connectivity index (χ3v) is 54.9. The van der Waals surface area contributed by atoms with Gasteiger partial charge in [-0.25, -0.2) is 0 Å². The van der Waals surface area contributed by atoms with Gasteiger partial charge in [-0.05, 0) is 0 Å². The van der Waals surface area contributed by atoms with Crippen LogP contribution in [0.1, 0.15) is 74.1 Å². The fourth-order valence-electron chi connectivity index (χ4n) is 3.35. The van der Waals surface area contributed by atoms with Crippen LogP contribution in [0.3, 0.4) is 0 Å². The summed E-state index contributed by atoms with van der Waals surface area (Å²) in [5.41, 5.74) is 0. The Hall–Kier alpha value is 2.47. The maximum atomic E-state index is 7.38. The Morgan fingerprint density at radius 3 is 1.64 bits per heavy atom. The van der Waals surface area contributed by atoms with Crippen LogP contribution >= 0.6 is 37.2 Å². The van der Waals surface area contributed by atoms with Crippen LogP contribution in [0.2, 0.25) is 0 Å². The van der Waals surface area contributed by atoms with Crippen LogP contribution in [0.4, 0.5) is 0 Å². The van der Waals surface area contributed by atoms with Crippen molar-refractivity contribution in [3.8, 4) is 0 Å². The molecule has 0 aromatic carbocycles. The van der Waals surface area contributed by atoms with Gasteiger partial charge < -0.3 is 0 Å². The summed E-state index contributed by atoms with van der Waals surface area (Å²) in [6, 6.07) is 0.224. The predicted molar refractivity (Wildman–Crippen MR) is 109 cm³/mol. The van der Waals surface area contributed by atoms with E-state index >= 15 is 0 Å². The third kappa shape index (κ3) is 6.48. The van der Waals surface area contributed by atoms with Gasteiger partial charge in [0.15, 0.2) is 0 Å². The van der Waals surface area contributed by atoms with Crippen molar-refractivity contribution in [3.05, 3.63) is 0 Å². The molecule has 0 unspecified atom stereocenters. The molecule has 0 aliphatic carbocycles. The van der Waals surface area contributed by atoms with Crippen LogP contribution in [-0.2, 0) is 25.5 Å². The van der Waals surface area contributed by atoms with E-state index in [0.29, 0.717) is 6.61 Å². The van der Waals surface area contributed by atoms with Crippen LogP contribution in [0.15, 0.2) is 0 Å². The van der Waals surface area contributed by atoms with Gasteiger partial charge >= 0.3 is 175 Å². The van der Waals surface area contributed by atoms with E-state index in [4.69, 9.17) is 40.5 Å². The predicted octanol–water partition coefficient (Wildman–Crippen LogP) is 7.16. The van der Waals surface area contributed by atoms with Crippen LogP contribution in [0.25, 0.3) is 0 Å². The van der Waals surface area contributed by atoms with Crippen molar-refractivity contribution in [1.29, 1.82) is 0 Å². The second kappa shape index (κ2) is 11.6. The van der Waals surface area contributed by atoms with Gasteiger partial charge in [-0.2, -0.15) is 0 Å². The summed E-state index contributed by atoms with van der Waals surface area (Å²) < 4.78 is 10.7. The van der Waals surface area contributed by atoms with Gasteiger partial charge in [-0.15, -0.1) is 0 Å². The van der Waals surface area contributed by atoms with Gasteiger partial charge in [0, 0.05) is 0 Å². The average Bonchev–Trinajstić information content (AvgIpc) is 2.45. The molecule has 0 atom stereocenters. The fraction of sp³-hybridized carbons (Fsp3) is 1.00. The molecule has 153 valence electrons. The Balaban J connectivity index is 6.23. The van der Waals surface area contributed by atoms with E-state index in [1.165, 1.54) is 0 Å². The van der Waals surface area contributed by atoms with Crippen molar-refractivity contribution in [3.63, 3.8) is 0 Å². The summed E-state index contributed by atoms with van der Waals surface area (Å²) in [6.07, 6.45) is 3.83. The van der Waals surface area contributed by atoms with E-state index in [9.17, 15) is 0 Å². The molecule has 0 saturated carbocycles. The molecule has 0 bridgehead atoms. The topological polar surface area (TPSA) is 15.7 Å². The first kappa shape index (κ1) is 27.5. The average molecular weight is 511 g/mol. The second-order valence-corrected chi connectivity index (χ2v) is 44.6. The Kier molecular flexibility index (Phi) is 12.7. The fourth-order valence-corrected chi connectivity index (χ4v) is 36.5. The van der Waals surface area contributed by atoms with Gasteiger partial charge in [0.05, 0.1) is 0 Å². The molecular weight excluding hydrogens is 474 g/mol. The first-order valence-electron chi connectivity index (χ1n) is 9.53. The Labute approximate surface area is 173 Å². The summed E-state index contributed by atoms with van der Waals surface area (Å²) in [6.45, 7) is 16.8. The zero-order chi connectivity index (χ0) is 19.9. The van der Waals surface area contributed by atoms with Crippen molar-refractivity contribution in [2.75, 3.05) is 19.7 Å². The van der Waals surface area contributed by atoms with Gasteiger partial charge in [-0.3, -0.25) is 0 Å². The first-order valence-corrected chi connectivity index (χ1v) is 24.2. The van der Waals surface area contributed by atoms with Crippen LogP contribution in [-0.4, -0.2) is 38.5 Å². The summed E-state index contributed by atoms with van der Waals surface area (Å²) >= 11 is -3.93. The van der Waals surface area contributed by atoms with E-state index in [0.717, 1.165) is 38.8 Å². The van der Waals surface area contributed by atoms with Crippen molar-refractivity contribution < 1.29 is 25.5 Å². The summed E-state index contributed by atoms with van der Waals surface area (Å²) in [5.74, 6) is 0. The standard InChI is InChI=1S/2C6H14N.C4H9O.4ClH.2Ti/c1-5(2)7-6(3)4;1-3-5-7-6-4-2;1-2-3-4-5;;;;;;/h5-6H,1-4H3;3-6H2,1-2H3;2-4H2,1H3;4*1H;;/q3*-1;;;;;+3;+4/p-4. The molecule has 9 heteroatoms. The Bertz CT molecular complexity index is 384. The number of nitrogens with zero attached hydrogens (tertiary/aromatic N) is 2. The monoisotopic (exact) mass is 509 g/mol. The molecule has 0 fully saturated rings. The Morgan fingerprint density at radius 1 is 0.880 bits per heavy atom. The molecule has 0 aromatic heterocycles. The first-order chi connectivity index (χ1) is 11.4. The van der Waals surface area contributed by atoms with Crippen LogP contribution in [0.5, 0.6) is 0 Å². The second-order valence-electron chi connectivity index (χ2n) is 7.21. The van der Waals surface area contributed by atoms with Crippen molar-refractivity contribution >= 4 is 37.2 Å². The number of hydrogen-bond acceptors (Lipinski definition) is 3. The number of rotatable bonds is 13. The zero-order valence-corrected chi connectivity index (χ0v) is 23.1. The van der Waals surface area contributed by atoms with E-state index in [1.54, 1.807) is 0 Å². The van der Waals surface area contributed by atoms with Gasteiger partial charge in [0.2, 0.25) is 0 Å². The van der Waals surface area contributed by atoms with E-state index < -0.39 is 22.1 Å². The number of halogens is 4. The van der Waals surface area contributed by atoms with Gasteiger partial charge in [0.25, 0.3) is 0 Å². The molecule has 0 spiro atoms. The number of hydrogen-bond donors (Lipinski definition) is 0. The molecule has 0 amide bonds. The molecule has 0 saturated heterocycles. The zero-order valence-electron chi connectivity index (χ0n) is 16.9. The van der Waals surface area contributed by atoms with E-state index in [2.05, 4.69) is 55.2 Å². The quantitative estimate of drug-likeness (QED) is 0.193. The van der Waals surface area contributed by atoms with Crippen LogP contribution < -0.4 is 0 Å². The number of unbranched alkanes of at least 4 members (excludes halogenated alkanes) is 1. The third-order valence-electron chi connectivity index (χ3n) is 4.26. The van der Waals surface area contributed by atoms with Crippen LogP contribution in [0, 0.1) is 0 Å². The maximum absolute atomic E-state index is 7.38. The summed E-state index contributed by atoms with van der Waals surface area (Å²) in [4.78, 5) is 0. The van der Waals surface area contributed by atoms with Crippen molar-refractivity contribution in [2.45, 2.75) is 86.2 Å². The molecule has 0 heterocycles. The van der Waals surface area contributed by atoms with E-state index in [-0.39, 0.29) is 12.1 Å². The van der Waals surface area contributed by atoms with Crippen molar-refractivity contribution in [1.82, 2.24) is 6.76 Å². The molecule has 0 N–H and O–H groups in total. The normalized spacial score (nSPS) is 15.4. The molecule has 0 radical (unpaired) electrons. The summed E-state index contributed by atoms with van der Waals surface area (Å²) in [5, 5.41) is 0. The molecule has 0 rings (SSSR count). The van der Waals surface area contributed by atoms with Gasteiger partial charge in [-0.1, -0.05) is 0 Å². The molecular formula is C16H37Cl4N2OTi2. The molecule has 0 aliphatic rings. The Morgan fingerprint density at radius 2 is 1.32 bits per heavy atom. The van der Waals surface area contributed by atoms with E-state index in [1.807, 2.05) is 0 Å². The van der Waals surface area contributed by atoms with Crippen molar-refractivity contribution in [2.24, 2.45) is 0 Å². The summed E-state index contributed by atoms with van der Waals surface area (Å²) in [7, 11) is 24.3. The molecule has 3 nitrogen and oxygen atoms in total.